The van der Waals surface area contributed by atoms with E-state index in [0.717, 1.165) is 30.8 Å². The van der Waals surface area contributed by atoms with Crippen molar-refractivity contribution in [3.05, 3.63) is 22.4 Å². The maximum Gasteiger partial charge on any atom is 0.263 e. The zero-order valence-corrected chi connectivity index (χ0v) is 12.2. The first-order valence-corrected chi connectivity index (χ1v) is 8.29. The zero-order chi connectivity index (χ0) is 13.1. The van der Waals surface area contributed by atoms with E-state index >= 15 is 0 Å². The number of amides is 1. The van der Waals surface area contributed by atoms with E-state index in [4.69, 9.17) is 0 Å². The first-order chi connectivity index (χ1) is 9.34. The Balaban J connectivity index is 1.53. The first kappa shape index (κ1) is 13.1. The highest BCUT2D eigenvalue weighted by molar-refractivity contribution is 7.12. The van der Waals surface area contributed by atoms with Crippen LogP contribution in [0.4, 0.5) is 0 Å². The Hall–Kier alpha value is -0.870. The van der Waals surface area contributed by atoms with Crippen molar-refractivity contribution in [2.24, 2.45) is 0 Å². The van der Waals surface area contributed by atoms with Crippen molar-refractivity contribution < 1.29 is 4.79 Å². The number of carbonyl (C=O) groups excluding carboxylic acids is 1. The Morgan fingerprint density at radius 1 is 1.11 bits per heavy atom. The van der Waals surface area contributed by atoms with Crippen molar-refractivity contribution in [3.8, 4) is 0 Å². The predicted octanol–water partition coefficient (Wildman–Crippen LogP) is 2.84. The summed E-state index contributed by atoms with van der Waals surface area (Å²) in [4.78, 5) is 17.8. The normalized spacial score (nSPS) is 22.6. The minimum atomic E-state index is 0.229. The molecule has 2 aliphatic rings. The van der Waals surface area contributed by atoms with Crippen molar-refractivity contribution in [3.63, 3.8) is 0 Å². The standard InChI is InChI=1S/C15H22N2OS/c18-15(14-5-4-12-19-14)17-10-6-13(7-11-17)16-8-2-1-3-9-16/h4-5,12-13H,1-3,6-11H2. The lowest BCUT2D eigenvalue weighted by atomic mass is 10.00. The van der Waals surface area contributed by atoms with Crippen LogP contribution >= 0.6 is 11.3 Å². The van der Waals surface area contributed by atoms with Gasteiger partial charge < -0.3 is 9.80 Å². The van der Waals surface area contributed by atoms with Gasteiger partial charge in [-0.2, -0.15) is 0 Å². The number of carbonyl (C=O) groups is 1. The van der Waals surface area contributed by atoms with Gasteiger partial charge in [-0.15, -0.1) is 11.3 Å². The molecule has 3 rings (SSSR count). The number of thiophene rings is 1. The highest BCUT2D eigenvalue weighted by atomic mass is 32.1. The summed E-state index contributed by atoms with van der Waals surface area (Å²) < 4.78 is 0. The second kappa shape index (κ2) is 6.06. The van der Waals surface area contributed by atoms with Gasteiger partial charge in [0.2, 0.25) is 0 Å². The van der Waals surface area contributed by atoms with E-state index < -0.39 is 0 Å². The molecule has 0 spiro atoms. The molecule has 0 aromatic carbocycles. The van der Waals surface area contributed by atoms with Crippen molar-refractivity contribution in [1.29, 1.82) is 0 Å². The second-order valence-electron chi connectivity index (χ2n) is 5.60. The van der Waals surface area contributed by atoms with E-state index in [1.54, 1.807) is 11.3 Å². The predicted molar refractivity (Wildman–Crippen MR) is 78.7 cm³/mol. The van der Waals surface area contributed by atoms with Gasteiger partial charge in [-0.3, -0.25) is 4.79 Å². The van der Waals surface area contributed by atoms with Gasteiger partial charge in [0.25, 0.3) is 5.91 Å². The number of likely N-dealkylation sites (tertiary alicyclic amines) is 2. The molecule has 0 unspecified atom stereocenters. The molecule has 3 nitrogen and oxygen atoms in total. The van der Waals surface area contributed by atoms with Crippen molar-refractivity contribution in [2.75, 3.05) is 26.2 Å². The van der Waals surface area contributed by atoms with Gasteiger partial charge in [-0.25, -0.2) is 0 Å². The monoisotopic (exact) mass is 278 g/mol. The van der Waals surface area contributed by atoms with Crippen LogP contribution in [0.3, 0.4) is 0 Å². The maximum absolute atomic E-state index is 12.3. The summed E-state index contributed by atoms with van der Waals surface area (Å²) >= 11 is 1.55. The molecule has 3 heterocycles. The molecule has 0 N–H and O–H groups in total. The molecule has 1 aromatic heterocycles. The van der Waals surface area contributed by atoms with Gasteiger partial charge in [-0.1, -0.05) is 12.5 Å². The molecule has 1 amide bonds. The average molecular weight is 278 g/mol. The first-order valence-electron chi connectivity index (χ1n) is 7.41. The summed E-state index contributed by atoms with van der Waals surface area (Å²) in [6, 6.07) is 4.61. The van der Waals surface area contributed by atoms with Crippen LogP contribution in [0.15, 0.2) is 17.5 Å². The highest BCUT2D eigenvalue weighted by Gasteiger charge is 2.28. The Kier molecular flexibility index (Phi) is 4.18. The fourth-order valence-corrected chi connectivity index (χ4v) is 3.96. The third-order valence-electron chi connectivity index (χ3n) is 4.39. The van der Waals surface area contributed by atoms with Crippen LogP contribution in [0.5, 0.6) is 0 Å². The number of piperidine rings is 2. The lowest BCUT2D eigenvalue weighted by Crippen LogP contribution is -2.48. The van der Waals surface area contributed by atoms with E-state index in [1.807, 2.05) is 22.4 Å². The molecule has 0 saturated carbocycles. The lowest BCUT2D eigenvalue weighted by molar-refractivity contribution is 0.0594. The third kappa shape index (κ3) is 3.00. The van der Waals surface area contributed by atoms with Gasteiger partial charge in [0, 0.05) is 19.1 Å². The van der Waals surface area contributed by atoms with Gasteiger partial charge >= 0.3 is 0 Å². The van der Waals surface area contributed by atoms with Crippen LogP contribution in [-0.4, -0.2) is 47.9 Å². The molecule has 0 bridgehead atoms. The third-order valence-corrected chi connectivity index (χ3v) is 5.25. The second-order valence-corrected chi connectivity index (χ2v) is 6.54. The van der Waals surface area contributed by atoms with Crippen molar-refractivity contribution in [1.82, 2.24) is 9.80 Å². The van der Waals surface area contributed by atoms with Gasteiger partial charge in [-0.05, 0) is 50.2 Å². The Labute approximate surface area is 119 Å². The van der Waals surface area contributed by atoms with Gasteiger partial charge in [0.05, 0.1) is 4.88 Å². The van der Waals surface area contributed by atoms with E-state index in [1.165, 1.54) is 32.4 Å². The summed E-state index contributed by atoms with van der Waals surface area (Å²) in [5.74, 6) is 0.229. The van der Waals surface area contributed by atoms with E-state index in [-0.39, 0.29) is 5.91 Å². The van der Waals surface area contributed by atoms with Crippen LogP contribution in [-0.2, 0) is 0 Å². The zero-order valence-electron chi connectivity index (χ0n) is 11.4. The Morgan fingerprint density at radius 3 is 2.47 bits per heavy atom. The van der Waals surface area contributed by atoms with Crippen LogP contribution in [0, 0.1) is 0 Å². The molecule has 4 heteroatoms. The fraction of sp³-hybridized carbons (Fsp3) is 0.667. The number of hydrogen-bond acceptors (Lipinski definition) is 3. The van der Waals surface area contributed by atoms with Crippen molar-refractivity contribution in [2.45, 2.75) is 38.1 Å². The topological polar surface area (TPSA) is 23.6 Å². The summed E-state index contributed by atoms with van der Waals surface area (Å²) in [7, 11) is 0. The van der Waals surface area contributed by atoms with Crippen LogP contribution in [0.25, 0.3) is 0 Å². The molecule has 0 atom stereocenters. The SMILES string of the molecule is O=C(c1cccs1)N1CCC(N2CCCCC2)CC1. The van der Waals surface area contributed by atoms with Crippen molar-refractivity contribution >= 4 is 17.2 Å². The van der Waals surface area contributed by atoms with Crippen LogP contribution in [0.1, 0.15) is 41.8 Å². The maximum atomic E-state index is 12.3. The van der Waals surface area contributed by atoms with E-state index in [9.17, 15) is 4.79 Å². The molecule has 0 radical (unpaired) electrons. The molecule has 19 heavy (non-hydrogen) atoms. The number of rotatable bonds is 2. The smallest absolute Gasteiger partial charge is 0.263 e. The summed E-state index contributed by atoms with van der Waals surface area (Å²) in [5.41, 5.74) is 0. The van der Waals surface area contributed by atoms with E-state index in [2.05, 4.69) is 4.90 Å². The average Bonchev–Trinajstić information content (AvgIpc) is 3.02. The van der Waals surface area contributed by atoms with E-state index in [0.29, 0.717) is 6.04 Å². The quantitative estimate of drug-likeness (QED) is 0.830. The number of nitrogens with zero attached hydrogens (tertiary/aromatic N) is 2. The Bertz CT molecular complexity index is 404. The van der Waals surface area contributed by atoms with Gasteiger partial charge in [0.15, 0.2) is 0 Å². The molecule has 2 aliphatic heterocycles. The molecule has 2 saturated heterocycles. The fourth-order valence-electron chi connectivity index (χ4n) is 3.27. The summed E-state index contributed by atoms with van der Waals surface area (Å²) in [5, 5.41) is 1.98. The summed E-state index contributed by atoms with van der Waals surface area (Å²) in [6.07, 6.45) is 6.41. The van der Waals surface area contributed by atoms with Crippen LogP contribution < -0.4 is 0 Å². The lowest BCUT2D eigenvalue weighted by Gasteiger charge is -2.40. The molecule has 2 fully saturated rings. The largest absolute Gasteiger partial charge is 0.338 e. The molecule has 104 valence electrons. The highest BCUT2D eigenvalue weighted by Crippen LogP contribution is 2.22. The molecular formula is C15H22N2OS. The molecule has 1 aromatic rings. The Morgan fingerprint density at radius 2 is 1.84 bits per heavy atom. The number of hydrogen-bond donors (Lipinski definition) is 0. The molecular weight excluding hydrogens is 256 g/mol. The van der Waals surface area contributed by atoms with Gasteiger partial charge in [0.1, 0.15) is 0 Å². The molecule has 0 aliphatic carbocycles. The minimum Gasteiger partial charge on any atom is -0.338 e. The minimum absolute atomic E-state index is 0.229. The van der Waals surface area contributed by atoms with Crippen LogP contribution in [0.2, 0.25) is 0 Å². The summed E-state index contributed by atoms with van der Waals surface area (Å²) in [6.45, 7) is 4.39.